The molecule has 0 amide bonds. The second kappa shape index (κ2) is 6.53. The summed E-state index contributed by atoms with van der Waals surface area (Å²) in [5.41, 5.74) is 4.68. The molecule has 3 aliphatic rings. The molecule has 4 unspecified atom stereocenters. The monoisotopic (exact) mass is 510 g/mol. The molecule has 0 aromatic heterocycles. The summed E-state index contributed by atoms with van der Waals surface area (Å²) >= 11 is 2.71. The van der Waals surface area contributed by atoms with E-state index in [9.17, 15) is 0 Å². The average Bonchev–Trinajstić information content (AvgIpc) is 2.95. The van der Waals surface area contributed by atoms with Gasteiger partial charge in [0.25, 0.3) is 5.79 Å². The lowest BCUT2D eigenvalue weighted by Gasteiger charge is -2.56. The summed E-state index contributed by atoms with van der Waals surface area (Å²) in [4.78, 5) is 0. The zero-order valence-electron chi connectivity index (χ0n) is 19.8. The van der Waals surface area contributed by atoms with Crippen LogP contribution in [0.4, 0.5) is 0 Å². The maximum absolute atomic E-state index is 6.83. The molecule has 3 heteroatoms. The van der Waals surface area contributed by atoms with Crippen LogP contribution in [0.3, 0.4) is 0 Å². The Morgan fingerprint density at radius 3 is 2.24 bits per heavy atom. The lowest BCUT2D eigenvalue weighted by molar-refractivity contribution is -0.143. The Morgan fingerprint density at radius 1 is 1.03 bits per heavy atom. The fourth-order valence-electron chi connectivity index (χ4n) is 6.19. The summed E-state index contributed by atoms with van der Waals surface area (Å²) in [6.45, 7) is 20.8. The van der Waals surface area contributed by atoms with E-state index in [-0.39, 0.29) is 10.8 Å². The van der Waals surface area contributed by atoms with Crippen molar-refractivity contribution < 1.29 is 9.47 Å². The minimum atomic E-state index is -0.632. The highest BCUT2D eigenvalue weighted by Gasteiger charge is 2.57. The summed E-state index contributed by atoms with van der Waals surface area (Å²) in [5.74, 6) is 2.56. The van der Waals surface area contributed by atoms with Crippen LogP contribution in [0.25, 0.3) is 0 Å². The molecule has 1 aromatic rings. The van der Waals surface area contributed by atoms with Crippen LogP contribution < -0.4 is 9.47 Å². The van der Waals surface area contributed by atoms with E-state index in [1.54, 1.807) is 0 Å². The molecule has 1 fully saturated rings. The highest BCUT2D eigenvalue weighted by Crippen LogP contribution is 2.64. The van der Waals surface area contributed by atoms with Crippen molar-refractivity contribution in [3.63, 3.8) is 0 Å². The van der Waals surface area contributed by atoms with Gasteiger partial charge in [0.05, 0.1) is 0 Å². The van der Waals surface area contributed by atoms with Gasteiger partial charge < -0.3 is 9.47 Å². The van der Waals surface area contributed by atoms with Crippen LogP contribution in [0, 0.1) is 16.7 Å². The van der Waals surface area contributed by atoms with Crippen molar-refractivity contribution >= 4 is 22.6 Å². The molecule has 0 saturated heterocycles. The minimum absolute atomic E-state index is 0.110. The van der Waals surface area contributed by atoms with Crippen LogP contribution in [0.15, 0.2) is 6.07 Å². The highest BCUT2D eigenvalue weighted by atomic mass is 127. The Labute approximate surface area is 191 Å². The molecule has 1 saturated carbocycles. The first kappa shape index (κ1) is 21.8. The lowest BCUT2D eigenvalue weighted by Crippen LogP contribution is -2.52. The predicted molar refractivity (Wildman–Crippen MR) is 130 cm³/mol. The number of ether oxygens (including phenoxy) is 2. The maximum atomic E-state index is 6.83. The van der Waals surface area contributed by atoms with Crippen LogP contribution in [-0.2, 0) is 11.8 Å². The molecule has 0 bridgehead atoms. The molecule has 1 heterocycles. The van der Waals surface area contributed by atoms with Gasteiger partial charge >= 0.3 is 0 Å². The number of alkyl halides is 1. The van der Waals surface area contributed by atoms with Crippen molar-refractivity contribution in [2.45, 2.75) is 109 Å². The first-order valence-electron chi connectivity index (χ1n) is 11.4. The largest absolute Gasteiger partial charge is 0.448 e. The second-order valence-corrected chi connectivity index (χ2v) is 13.6. The first-order chi connectivity index (χ1) is 13.2. The molecule has 162 valence electrons. The standard InChI is InChI=1S/C26H39IO2/c1-15(2)17-14-16-10-11-18-24(6,7)19(27)12-13-25(18,8)20(16)22-21(17)28-26(9,29-22)23(3,4)5/h14-15,18-19H,10-13H2,1-9H3. The van der Waals surface area contributed by atoms with Crippen molar-refractivity contribution in [2.24, 2.45) is 16.7 Å². The Morgan fingerprint density at radius 2 is 1.66 bits per heavy atom. The van der Waals surface area contributed by atoms with Gasteiger partial charge in [0.2, 0.25) is 0 Å². The van der Waals surface area contributed by atoms with Gasteiger partial charge in [-0.05, 0) is 53.9 Å². The molecule has 0 N–H and O–H groups in total. The molecule has 2 nitrogen and oxygen atoms in total. The Kier molecular flexibility index (Phi) is 4.90. The molecule has 1 aromatic carbocycles. The molecule has 29 heavy (non-hydrogen) atoms. The smallest absolute Gasteiger partial charge is 0.253 e. The number of rotatable bonds is 1. The third kappa shape index (κ3) is 2.99. The third-order valence-corrected chi connectivity index (χ3v) is 10.8. The summed E-state index contributed by atoms with van der Waals surface area (Å²) in [7, 11) is 0. The molecule has 0 spiro atoms. The topological polar surface area (TPSA) is 18.5 Å². The van der Waals surface area contributed by atoms with Gasteiger partial charge in [-0.1, -0.05) is 84.0 Å². The van der Waals surface area contributed by atoms with Crippen LogP contribution in [0.2, 0.25) is 0 Å². The zero-order chi connectivity index (χ0) is 21.6. The van der Waals surface area contributed by atoms with Crippen LogP contribution in [0.5, 0.6) is 11.5 Å². The maximum Gasteiger partial charge on any atom is 0.253 e. The highest BCUT2D eigenvalue weighted by molar-refractivity contribution is 14.1. The first-order valence-corrected chi connectivity index (χ1v) is 12.7. The Balaban J connectivity index is 1.94. The normalized spacial score (nSPS) is 35.4. The van der Waals surface area contributed by atoms with Crippen LogP contribution in [-0.4, -0.2) is 9.71 Å². The number of hydrogen-bond acceptors (Lipinski definition) is 2. The van der Waals surface area contributed by atoms with E-state index in [4.69, 9.17) is 9.47 Å². The van der Waals surface area contributed by atoms with Crippen LogP contribution in [0.1, 0.15) is 104 Å². The van der Waals surface area contributed by atoms with Crippen molar-refractivity contribution in [1.82, 2.24) is 0 Å². The van der Waals surface area contributed by atoms with Gasteiger partial charge in [-0.15, -0.1) is 0 Å². The van der Waals surface area contributed by atoms with E-state index >= 15 is 0 Å². The number of halogens is 1. The quantitative estimate of drug-likeness (QED) is 0.284. The van der Waals surface area contributed by atoms with Gasteiger partial charge in [0.1, 0.15) is 0 Å². The lowest BCUT2D eigenvalue weighted by atomic mass is 9.50. The number of aryl methyl sites for hydroxylation is 1. The van der Waals surface area contributed by atoms with Crippen molar-refractivity contribution in [2.75, 3.05) is 0 Å². The molecule has 0 radical (unpaired) electrons. The van der Waals surface area contributed by atoms with E-state index in [0.717, 1.165) is 21.8 Å². The molecular weight excluding hydrogens is 471 g/mol. The molecule has 2 aliphatic carbocycles. The Hall–Kier alpha value is -0.450. The molecular formula is C26H39IO2. The number of benzene rings is 1. The van der Waals surface area contributed by atoms with Gasteiger partial charge in [-0.25, -0.2) is 0 Å². The summed E-state index contributed by atoms with van der Waals surface area (Å²) < 4.78 is 14.3. The Bertz CT molecular complexity index is 834. The van der Waals surface area contributed by atoms with Gasteiger partial charge in [0, 0.05) is 27.4 Å². The fourth-order valence-corrected chi connectivity index (χ4v) is 6.93. The van der Waals surface area contributed by atoms with Crippen molar-refractivity contribution in [3.8, 4) is 11.5 Å². The van der Waals surface area contributed by atoms with Gasteiger partial charge in [-0.2, -0.15) is 0 Å². The van der Waals surface area contributed by atoms with E-state index in [2.05, 4.69) is 91.0 Å². The third-order valence-electron chi connectivity index (χ3n) is 8.59. The summed E-state index contributed by atoms with van der Waals surface area (Å²) in [5, 5.41) is 0. The van der Waals surface area contributed by atoms with E-state index in [1.807, 2.05) is 0 Å². The average molecular weight is 511 g/mol. The molecule has 1 aliphatic heterocycles. The minimum Gasteiger partial charge on any atom is -0.448 e. The SMILES string of the molecule is CC(C)c1cc2c(c3c1OC(C)(C(C)(C)C)O3)C1(C)CCC(I)C(C)(C)C1CC2. The predicted octanol–water partition coefficient (Wildman–Crippen LogP) is 7.79. The van der Waals surface area contributed by atoms with E-state index in [0.29, 0.717) is 17.3 Å². The van der Waals surface area contributed by atoms with Crippen molar-refractivity contribution in [1.29, 1.82) is 0 Å². The van der Waals surface area contributed by atoms with Crippen LogP contribution >= 0.6 is 22.6 Å². The second-order valence-electron chi connectivity index (χ2n) is 12.0. The number of fused-ring (bicyclic) bond motifs is 5. The number of hydrogen-bond donors (Lipinski definition) is 0. The molecule has 4 rings (SSSR count). The fraction of sp³-hybridized carbons (Fsp3) is 0.769. The summed E-state index contributed by atoms with van der Waals surface area (Å²) in [6.07, 6.45) is 4.96. The van der Waals surface area contributed by atoms with E-state index in [1.165, 1.54) is 36.0 Å². The summed E-state index contributed by atoms with van der Waals surface area (Å²) in [6, 6.07) is 2.46. The molecule has 4 atom stereocenters. The van der Waals surface area contributed by atoms with Crippen molar-refractivity contribution in [3.05, 3.63) is 22.8 Å². The van der Waals surface area contributed by atoms with Gasteiger partial charge in [0.15, 0.2) is 11.5 Å². The van der Waals surface area contributed by atoms with Gasteiger partial charge in [-0.3, -0.25) is 0 Å². The zero-order valence-corrected chi connectivity index (χ0v) is 22.0. The van der Waals surface area contributed by atoms with E-state index < -0.39 is 5.79 Å².